The summed E-state index contributed by atoms with van der Waals surface area (Å²) in [5.74, 6) is 2.99. The molecule has 0 N–H and O–H groups in total. The number of benzene rings is 10. The maximum Gasteiger partial charge on any atom is 0.416 e. The Morgan fingerprint density at radius 3 is 1.15 bits per heavy atom. The molecule has 80 heavy (non-hydrogen) atoms. The van der Waals surface area contributed by atoms with E-state index in [1.807, 2.05) is 215 Å². The highest BCUT2D eigenvalue weighted by atomic mass is 19.4. The Balaban J connectivity index is 0.971. The Hall–Kier alpha value is -10.9. The van der Waals surface area contributed by atoms with Gasteiger partial charge in [0.15, 0.2) is 34.9 Å². The number of fused-ring (bicyclic) bond motifs is 6. The second kappa shape index (κ2) is 19.3. The first-order valence-electron chi connectivity index (χ1n) is 25.8. The summed E-state index contributed by atoms with van der Waals surface area (Å²) in [6.07, 6.45) is -4.70. The third kappa shape index (κ3) is 8.29. The van der Waals surface area contributed by atoms with Gasteiger partial charge in [0.05, 0.1) is 44.6 Å². The summed E-state index contributed by atoms with van der Waals surface area (Å²) in [7, 11) is 0. The third-order valence-electron chi connectivity index (χ3n) is 14.5. The predicted molar refractivity (Wildman–Crippen MR) is 310 cm³/mol. The van der Waals surface area contributed by atoms with Gasteiger partial charge in [0.2, 0.25) is 0 Å². The molecule has 4 heterocycles. The Morgan fingerprint density at radius 1 is 0.325 bits per heavy atom. The number of nitriles is 1. The normalized spacial score (nSPS) is 11.7. The first-order valence-corrected chi connectivity index (χ1v) is 25.8. The molecule has 0 unspecified atom stereocenters. The molecule has 0 aliphatic rings. The average molecular weight is 1040 g/mol. The van der Waals surface area contributed by atoms with Crippen molar-refractivity contribution in [1.29, 1.82) is 5.26 Å². The van der Waals surface area contributed by atoms with E-state index in [1.165, 1.54) is 12.1 Å². The molecule has 4 aromatic heterocycles. The predicted octanol–water partition coefficient (Wildman–Crippen LogP) is 16.8. The van der Waals surface area contributed by atoms with E-state index in [0.717, 1.165) is 83.1 Å². The number of hydrogen-bond donors (Lipinski definition) is 0. The van der Waals surface area contributed by atoms with E-state index in [2.05, 4.69) is 6.07 Å². The number of halogens is 3. The maximum absolute atomic E-state index is 15.2. The minimum atomic E-state index is -4.70. The second-order valence-electron chi connectivity index (χ2n) is 19.3. The van der Waals surface area contributed by atoms with Gasteiger partial charge in [-0.1, -0.05) is 170 Å². The van der Waals surface area contributed by atoms with Crippen molar-refractivity contribution < 1.29 is 13.2 Å². The Bertz CT molecular complexity index is 4650. The summed E-state index contributed by atoms with van der Waals surface area (Å²) < 4.78 is 49.6. The number of alkyl halides is 3. The van der Waals surface area contributed by atoms with Gasteiger partial charge in [-0.15, -0.1) is 0 Å². The van der Waals surface area contributed by atoms with Gasteiger partial charge in [-0.25, -0.2) is 29.9 Å². The zero-order valence-corrected chi connectivity index (χ0v) is 42.3. The molecule has 0 aliphatic carbocycles. The topological polar surface area (TPSA) is 111 Å². The molecular formula is C68H40F3N9. The summed E-state index contributed by atoms with van der Waals surface area (Å²) >= 11 is 0. The largest absolute Gasteiger partial charge is 0.416 e. The average Bonchev–Trinajstić information content (AvgIpc) is 4.25. The zero-order chi connectivity index (χ0) is 53.9. The van der Waals surface area contributed by atoms with Crippen LogP contribution < -0.4 is 0 Å². The molecule has 14 aromatic rings. The second-order valence-corrected chi connectivity index (χ2v) is 19.3. The molecule has 378 valence electrons. The summed E-state index contributed by atoms with van der Waals surface area (Å²) in [5.41, 5.74) is 8.79. The van der Waals surface area contributed by atoms with Crippen molar-refractivity contribution in [1.82, 2.24) is 39.0 Å². The van der Waals surface area contributed by atoms with E-state index in [9.17, 15) is 5.26 Å². The van der Waals surface area contributed by atoms with Crippen LogP contribution >= 0.6 is 0 Å². The van der Waals surface area contributed by atoms with E-state index < -0.39 is 11.7 Å². The van der Waals surface area contributed by atoms with Crippen LogP contribution in [0.15, 0.2) is 243 Å². The lowest BCUT2D eigenvalue weighted by Crippen LogP contribution is -2.08. The van der Waals surface area contributed by atoms with Crippen LogP contribution in [0.3, 0.4) is 0 Å². The first-order chi connectivity index (χ1) is 39.3. The monoisotopic (exact) mass is 1040 g/mol. The minimum Gasteiger partial charge on any atom is -0.309 e. The van der Waals surface area contributed by atoms with Crippen LogP contribution in [0.4, 0.5) is 13.2 Å². The summed E-state index contributed by atoms with van der Waals surface area (Å²) in [6, 6.07) is 78.1. The highest BCUT2D eigenvalue weighted by Crippen LogP contribution is 2.45. The van der Waals surface area contributed by atoms with Gasteiger partial charge in [0.25, 0.3) is 0 Å². The molecule has 10 aromatic carbocycles. The van der Waals surface area contributed by atoms with Gasteiger partial charge in [0.1, 0.15) is 6.07 Å². The molecule has 0 atom stereocenters. The van der Waals surface area contributed by atoms with Crippen LogP contribution in [0.25, 0.3) is 134 Å². The molecule has 0 spiro atoms. The Morgan fingerprint density at radius 2 is 0.713 bits per heavy atom. The quantitative estimate of drug-likeness (QED) is 0.142. The lowest BCUT2D eigenvalue weighted by atomic mass is 9.96. The molecule has 14 rings (SSSR count). The van der Waals surface area contributed by atoms with Crippen LogP contribution in [0, 0.1) is 11.3 Å². The van der Waals surface area contributed by atoms with Gasteiger partial charge in [-0.3, -0.25) is 0 Å². The summed E-state index contributed by atoms with van der Waals surface area (Å²) in [5, 5.41) is 14.5. The van der Waals surface area contributed by atoms with Gasteiger partial charge < -0.3 is 9.13 Å². The van der Waals surface area contributed by atoms with Crippen molar-refractivity contribution in [2.45, 2.75) is 6.18 Å². The van der Waals surface area contributed by atoms with Crippen LogP contribution in [0.5, 0.6) is 0 Å². The molecule has 0 radical (unpaired) electrons. The van der Waals surface area contributed by atoms with Crippen molar-refractivity contribution in [3.63, 3.8) is 0 Å². The molecule has 9 nitrogen and oxygen atoms in total. The molecule has 0 fully saturated rings. The van der Waals surface area contributed by atoms with E-state index in [4.69, 9.17) is 29.9 Å². The molecule has 0 amide bonds. The standard InChI is InChI=1S/C68H40F3N9/c69-68(70,71)49-34-37-59(79-56-30-15-13-27-50(56)53-38-46(32-35-58(53)79)66-75-62(42-18-5-1-6-19-42)73-63(76-66)43-20-7-2-8-21-43)55(40-49)52-29-17-26-48(41-72)61(52)80-57-31-16-14-28-51(57)54-39-47(33-36-60(54)80)67-77-64(44-22-9-3-10-23-44)74-65(78-67)45-24-11-4-12-25-45/h1-40H. The van der Waals surface area contributed by atoms with E-state index in [0.29, 0.717) is 51.9 Å². The first kappa shape index (κ1) is 47.5. The fraction of sp³-hybridized carbons (Fsp3) is 0.0147. The fourth-order valence-electron chi connectivity index (χ4n) is 10.8. The van der Waals surface area contributed by atoms with Crippen molar-refractivity contribution in [2.75, 3.05) is 0 Å². The van der Waals surface area contributed by atoms with Gasteiger partial charge in [-0.05, 0) is 72.8 Å². The van der Waals surface area contributed by atoms with Crippen molar-refractivity contribution >= 4 is 43.6 Å². The highest BCUT2D eigenvalue weighted by Gasteiger charge is 2.33. The summed E-state index contributed by atoms with van der Waals surface area (Å²) in [4.78, 5) is 29.8. The minimum absolute atomic E-state index is 0.268. The van der Waals surface area contributed by atoms with Crippen molar-refractivity contribution in [3.05, 3.63) is 254 Å². The molecule has 12 heteroatoms. The van der Waals surface area contributed by atoms with Gasteiger partial charge in [0, 0.05) is 66.1 Å². The lowest BCUT2D eigenvalue weighted by Gasteiger charge is -2.21. The number of para-hydroxylation sites is 3. The van der Waals surface area contributed by atoms with E-state index >= 15 is 13.2 Å². The molecule has 0 saturated heterocycles. The van der Waals surface area contributed by atoms with Gasteiger partial charge >= 0.3 is 6.18 Å². The van der Waals surface area contributed by atoms with Gasteiger partial charge in [-0.2, -0.15) is 18.4 Å². The van der Waals surface area contributed by atoms with Crippen molar-refractivity contribution in [3.8, 4) is 96.9 Å². The van der Waals surface area contributed by atoms with E-state index in [-0.39, 0.29) is 11.1 Å². The van der Waals surface area contributed by atoms with Crippen molar-refractivity contribution in [2.24, 2.45) is 0 Å². The van der Waals surface area contributed by atoms with Crippen LogP contribution in [0.1, 0.15) is 11.1 Å². The zero-order valence-electron chi connectivity index (χ0n) is 42.3. The smallest absolute Gasteiger partial charge is 0.309 e. The molecule has 0 saturated carbocycles. The van der Waals surface area contributed by atoms with E-state index in [1.54, 1.807) is 18.2 Å². The molecule has 0 bridgehead atoms. The van der Waals surface area contributed by atoms with Crippen LogP contribution in [0.2, 0.25) is 0 Å². The third-order valence-corrected chi connectivity index (χ3v) is 14.5. The highest BCUT2D eigenvalue weighted by molar-refractivity contribution is 6.13. The number of nitrogens with zero attached hydrogens (tertiary/aromatic N) is 9. The van der Waals surface area contributed by atoms with Crippen LogP contribution in [-0.4, -0.2) is 39.0 Å². The number of rotatable bonds is 9. The fourth-order valence-corrected chi connectivity index (χ4v) is 10.8. The molecule has 0 aliphatic heterocycles. The Labute approximate surface area is 455 Å². The lowest BCUT2D eigenvalue weighted by molar-refractivity contribution is -0.137. The Kier molecular flexibility index (Phi) is 11.5. The molecular weight excluding hydrogens is 1000 g/mol. The number of hydrogen-bond acceptors (Lipinski definition) is 7. The summed E-state index contributed by atoms with van der Waals surface area (Å²) in [6.45, 7) is 0. The van der Waals surface area contributed by atoms with Crippen LogP contribution in [-0.2, 0) is 6.18 Å². The maximum atomic E-state index is 15.2. The number of aromatic nitrogens is 8. The SMILES string of the molecule is N#Cc1cccc(-c2cc(C(F)(F)F)ccc2-n2c3ccccc3c3cc(-c4nc(-c5ccccc5)nc(-c5ccccc5)n4)ccc32)c1-n1c2ccccc2c2cc(-c3nc(-c4ccccc4)nc(-c4ccccc4)n3)ccc21.